The maximum atomic E-state index is 5.39. The van der Waals surface area contributed by atoms with Crippen molar-refractivity contribution in [3.63, 3.8) is 0 Å². The first-order chi connectivity index (χ1) is 9.19. The van der Waals surface area contributed by atoms with Crippen LogP contribution < -0.4 is 19.7 Å². The van der Waals surface area contributed by atoms with Crippen molar-refractivity contribution < 1.29 is 9.47 Å². The molecule has 1 fully saturated rings. The zero-order valence-electron chi connectivity index (χ0n) is 12.3. The number of nitrogens with one attached hydrogen (secondary N) is 1. The van der Waals surface area contributed by atoms with Crippen molar-refractivity contribution in [1.82, 2.24) is 5.32 Å². The van der Waals surface area contributed by atoms with Crippen LogP contribution in [0, 0.1) is 0 Å². The van der Waals surface area contributed by atoms with Crippen LogP contribution in [0.4, 0.5) is 5.69 Å². The number of nitrogens with zero attached hydrogens (tertiary/aromatic N) is 1. The van der Waals surface area contributed by atoms with Crippen molar-refractivity contribution in [3.8, 4) is 11.5 Å². The third-order valence-corrected chi connectivity index (χ3v) is 3.84. The van der Waals surface area contributed by atoms with Crippen LogP contribution in [0.2, 0.25) is 0 Å². The second kappa shape index (κ2) is 6.15. The maximum absolute atomic E-state index is 5.39. The smallest absolute Gasteiger partial charge is 0.162 e. The van der Waals surface area contributed by atoms with Crippen molar-refractivity contribution in [1.29, 1.82) is 0 Å². The van der Waals surface area contributed by atoms with Gasteiger partial charge in [0.25, 0.3) is 0 Å². The van der Waals surface area contributed by atoms with Crippen molar-refractivity contribution in [2.45, 2.75) is 32.4 Å². The molecule has 106 valence electrons. The van der Waals surface area contributed by atoms with E-state index in [0.29, 0.717) is 12.1 Å². The standard InChI is InChI=1S/C15H24N2O2/c1-5-12-10-17(11(2)9-16-12)13-6-7-14(18-3)15(8-13)19-4/h6-8,11-12,16H,5,9-10H2,1-4H3. The Bertz CT molecular complexity index is 423. The minimum Gasteiger partial charge on any atom is -0.493 e. The van der Waals surface area contributed by atoms with Gasteiger partial charge in [-0.1, -0.05) is 6.92 Å². The fourth-order valence-corrected chi connectivity index (χ4v) is 2.57. The highest BCUT2D eigenvalue weighted by Gasteiger charge is 2.24. The number of ether oxygens (including phenoxy) is 2. The molecule has 0 saturated carbocycles. The molecule has 4 heteroatoms. The van der Waals surface area contributed by atoms with E-state index in [1.165, 1.54) is 5.69 Å². The number of hydrogen-bond acceptors (Lipinski definition) is 4. The van der Waals surface area contributed by atoms with E-state index in [2.05, 4.69) is 36.2 Å². The van der Waals surface area contributed by atoms with Crippen LogP contribution in [-0.4, -0.2) is 39.4 Å². The van der Waals surface area contributed by atoms with E-state index >= 15 is 0 Å². The lowest BCUT2D eigenvalue weighted by molar-refractivity contribution is 0.354. The number of hydrogen-bond donors (Lipinski definition) is 1. The summed E-state index contributed by atoms with van der Waals surface area (Å²) < 4.78 is 10.7. The molecule has 4 nitrogen and oxygen atoms in total. The molecule has 0 spiro atoms. The average Bonchev–Trinajstić information content (AvgIpc) is 2.47. The van der Waals surface area contributed by atoms with Gasteiger partial charge in [-0.3, -0.25) is 0 Å². The molecule has 1 saturated heterocycles. The van der Waals surface area contributed by atoms with Crippen LogP contribution in [0.1, 0.15) is 20.3 Å². The van der Waals surface area contributed by atoms with Crippen molar-refractivity contribution in [2.75, 3.05) is 32.2 Å². The van der Waals surface area contributed by atoms with Gasteiger partial charge in [-0.05, 0) is 25.5 Å². The van der Waals surface area contributed by atoms with E-state index in [9.17, 15) is 0 Å². The fourth-order valence-electron chi connectivity index (χ4n) is 2.57. The number of methoxy groups -OCH3 is 2. The second-order valence-corrected chi connectivity index (χ2v) is 5.05. The number of benzene rings is 1. The van der Waals surface area contributed by atoms with Crippen LogP contribution in [0.5, 0.6) is 11.5 Å². The van der Waals surface area contributed by atoms with Crippen LogP contribution in [0.15, 0.2) is 18.2 Å². The Morgan fingerprint density at radius 3 is 2.63 bits per heavy atom. The van der Waals surface area contributed by atoms with Crippen LogP contribution in [0.3, 0.4) is 0 Å². The van der Waals surface area contributed by atoms with E-state index in [-0.39, 0.29) is 0 Å². The molecular weight excluding hydrogens is 240 g/mol. The highest BCUT2D eigenvalue weighted by molar-refractivity contribution is 5.57. The molecule has 0 aliphatic carbocycles. The third-order valence-electron chi connectivity index (χ3n) is 3.84. The molecule has 0 bridgehead atoms. The molecule has 1 aromatic rings. The summed E-state index contributed by atoms with van der Waals surface area (Å²) in [5, 5.41) is 3.57. The fraction of sp³-hybridized carbons (Fsp3) is 0.600. The molecule has 2 unspecified atom stereocenters. The first-order valence-electron chi connectivity index (χ1n) is 6.91. The molecule has 2 atom stereocenters. The quantitative estimate of drug-likeness (QED) is 0.904. The summed E-state index contributed by atoms with van der Waals surface area (Å²) in [6.07, 6.45) is 1.15. The van der Waals surface area contributed by atoms with Gasteiger partial charge in [0.1, 0.15) is 0 Å². The summed E-state index contributed by atoms with van der Waals surface area (Å²) in [5.41, 5.74) is 1.20. The summed E-state index contributed by atoms with van der Waals surface area (Å²) in [5.74, 6) is 1.57. The van der Waals surface area contributed by atoms with Gasteiger partial charge >= 0.3 is 0 Å². The molecule has 1 heterocycles. The van der Waals surface area contributed by atoms with Gasteiger partial charge in [-0.15, -0.1) is 0 Å². The zero-order valence-corrected chi connectivity index (χ0v) is 12.3. The molecule has 1 aliphatic rings. The summed E-state index contributed by atoms with van der Waals surface area (Å²) >= 11 is 0. The Labute approximate surface area is 115 Å². The largest absolute Gasteiger partial charge is 0.493 e. The van der Waals surface area contributed by atoms with Gasteiger partial charge in [0, 0.05) is 36.9 Å². The van der Waals surface area contributed by atoms with E-state index in [1.54, 1.807) is 14.2 Å². The van der Waals surface area contributed by atoms with Gasteiger partial charge in [0.15, 0.2) is 11.5 Å². The minimum atomic E-state index is 0.487. The predicted octanol–water partition coefficient (Wildman–Crippen LogP) is 2.28. The molecule has 0 radical (unpaired) electrons. The minimum absolute atomic E-state index is 0.487. The van der Waals surface area contributed by atoms with Gasteiger partial charge in [0.2, 0.25) is 0 Å². The molecule has 0 aromatic heterocycles. The van der Waals surface area contributed by atoms with E-state index in [1.807, 2.05) is 6.07 Å². The first-order valence-corrected chi connectivity index (χ1v) is 6.91. The molecule has 2 rings (SSSR count). The van der Waals surface area contributed by atoms with E-state index in [0.717, 1.165) is 31.0 Å². The Balaban J connectivity index is 2.24. The molecular formula is C15H24N2O2. The summed E-state index contributed by atoms with van der Waals surface area (Å²) in [7, 11) is 3.34. The van der Waals surface area contributed by atoms with Crippen molar-refractivity contribution in [2.24, 2.45) is 0 Å². The number of anilines is 1. The van der Waals surface area contributed by atoms with Gasteiger partial charge in [-0.25, -0.2) is 0 Å². The van der Waals surface area contributed by atoms with Crippen LogP contribution in [0.25, 0.3) is 0 Å². The highest BCUT2D eigenvalue weighted by atomic mass is 16.5. The molecule has 1 aliphatic heterocycles. The highest BCUT2D eigenvalue weighted by Crippen LogP contribution is 2.32. The average molecular weight is 264 g/mol. The van der Waals surface area contributed by atoms with Gasteiger partial charge in [-0.2, -0.15) is 0 Å². The normalized spacial score (nSPS) is 23.3. The van der Waals surface area contributed by atoms with Crippen LogP contribution in [-0.2, 0) is 0 Å². The van der Waals surface area contributed by atoms with E-state index in [4.69, 9.17) is 9.47 Å². The van der Waals surface area contributed by atoms with Gasteiger partial charge < -0.3 is 19.7 Å². The summed E-state index contributed by atoms with van der Waals surface area (Å²) in [6.45, 7) is 6.52. The molecule has 0 amide bonds. The Hall–Kier alpha value is -1.42. The number of piperazine rings is 1. The SMILES string of the molecule is CCC1CN(c2ccc(OC)c(OC)c2)C(C)CN1. The first kappa shape index (κ1) is 14.0. The lowest BCUT2D eigenvalue weighted by Crippen LogP contribution is -2.55. The topological polar surface area (TPSA) is 33.7 Å². The predicted molar refractivity (Wildman–Crippen MR) is 78.4 cm³/mol. The van der Waals surface area contributed by atoms with Gasteiger partial charge in [0.05, 0.1) is 14.2 Å². The lowest BCUT2D eigenvalue weighted by Gasteiger charge is -2.40. The van der Waals surface area contributed by atoms with Crippen molar-refractivity contribution >= 4 is 5.69 Å². The third kappa shape index (κ3) is 2.95. The molecule has 19 heavy (non-hydrogen) atoms. The van der Waals surface area contributed by atoms with Crippen molar-refractivity contribution in [3.05, 3.63) is 18.2 Å². The molecule has 1 aromatic carbocycles. The molecule has 1 N–H and O–H groups in total. The monoisotopic (exact) mass is 264 g/mol. The Kier molecular flexibility index (Phi) is 4.53. The Morgan fingerprint density at radius 2 is 2.00 bits per heavy atom. The number of rotatable bonds is 4. The maximum Gasteiger partial charge on any atom is 0.162 e. The second-order valence-electron chi connectivity index (χ2n) is 5.05. The Morgan fingerprint density at radius 1 is 1.26 bits per heavy atom. The summed E-state index contributed by atoms with van der Waals surface area (Å²) in [6, 6.07) is 7.19. The zero-order chi connectivity index (χ0) is 13.8. The van der Waals surface area contributed by atoms with E-state index < -0.39 is 0 Å². The summed E-state index contributed by atoms with van der Waals surface area (Å²) in [4.78, 5) is 2.44. The lowest BCUT2D eigenvalue weighted by atomic mass is 10.1. The van der Waals surface area contributed by atoms with Crippen LogP contribution >= 0.6 is 0 Å².